The topological polar surface area (TPSA) is 81.2 Å². The molecule has 4 rings (SSSR count). The Morgan fingerprint density at radius 3 is 2.95 bits per heavy atom. The molecular weight excluding hydrogens is 278 g/mol. The third-order valence-electron chi connectivity index (χ3n) is 4.90. The number of amides is 1. The molecule has 3 N–H and O–H groups in total. The number of hydrogen-bond acceptors (Lipinski definition) is 4. The van der Waals surface area contributed by atoms with Crippen LogP contribution in [0.1, 0.15) is 43.9 Å². The number of fused-ring (bicyclic) bond motifs is 1. The maximum Gasteiger partial charge on any atom is 0.227 e. The van der Waals surface area contributed by atoms with Crippen molar-refractivity contribution in [2.75, 3.05) is 11.9 Å². The monoisotopic (exact) mass is 299 g/mol. The molecule has 2 aliphatic carbocycles. The number of benzene rings is 1. The van der Waals surface area contributed by atoms with Crippen molar-refractivity contribution in [2.45, 2.75) is 38.0 Å². The lowest BCUT2D eigenvalue weighted by atomic mass is 9.95. The molecule has 2 aliphatic rings. The molecule has 116 valence electrons. The zero-order valence-electron chi connectivity index (χ0n) is 12.5. The van der Waals surface area contributed by atoms with Crippen LogP contribution < -0.4 is 11.1 Å². The average molecular weight is 299 g/mol. The molecule has 2 fully saturated rings. The molecule has 1 amide bonds. The van der Waals surface area contributed by atoms with Gasteiger partial charge in [0.05, 0.1) is 0 Å². The zero-order chi connectivity index (χ0) is 15.1. The third kappa shape index (κ3) is 2.50. The molecule has 1 aromatic carbocycles. The number of rotatable bonds is 4. The first-order valence-corrected chi connectivity index (χ1v) is 8.16. The van der Waals surface area contributed by atoms with Crippen LogP contribution in [0.2, 0.25) is 0 Å². The first kappa shape index (κ1) is 13.8. The molecule has 22 heavy (non-hydrogen) atoms. The molecule has 5 nitrogen and oxygen atoms in total. The number of aromatic nitrogens is 1. The van der Waals surface area contributed by atoms with E-state index in [9.17, 15) is 4.79 Å². The third-order valence-corrected chi connectivity index (χ3v) is 4.90. The predicted molar refractivity (Wildman–Crippen MR) is 84.5 cm³/mol. The van der Waals surface area contributed by atoms with Gasteiger partial charge in [-0.1, -0.05) is 6.42 Å². The predicted octanol–water partition coefficient (Wildman–Crippen LogP) is 3.02. The fourth-order valence-electron chi connectivity index (χ4n) is 3.42. The highest BCUT2D eigenvalue weighted by atomic mass is 16.3. The molecule has 0 saturated heterocycles. The van der Waals surface area contributed by atoms with E-state index >= 15 is 0 Å². The highest BCUT2D eigenvalue weighted by Crippen LogP contribution is 2.40. The van der Waals surface area contributed by atoms with Gasteiger partial charge >= 0.3 is 0 Å². The van der Waals surface area contributed by atoms with E-state index in [1.807, 2.05) is 18.2 Å². The largest absolute Gasteiger partial charge is 0.440 e. The van der Waals surface area contributed by atoms with Crippen LogP contribution in [0.4, 0.5) is 5.69 Å². The van der Waals surface area contributed by atoms with Crippen LogP contribution in [0.5, 0.6) is 0 Å². The highest BCUT2D eigenvalue weighted by Gasteiger charge is 2.32. The van der Waals surface area contributed by atoms with Gasteiger partial charge in [-0.15, -0.1) is 0 Å². The van der Waals surface area contributed by atoms with Gasteiger partial charge in [-0.3, -0.25) is 4.79 Å². The Kier molecular flexibility index (Phi) is 3.37. The smallest absolute Gasteiger partial charge is 0.227 e. The van der Waals surface area contributed by atoms with Crippen molar-refractivity contribution in [3.63, 3.8) is 0 Å². The summed E-state index contributed by atoms with van der Waals surface area (Å²) >= 11 is 0. The fraction of sp³-hybridized carbons (Fsp3) is 0.529. The molecule has 0 bridgehead atoms. The van der Waals surface area contributed by atoms with Gasteiger partial charge in [0.25, 0.3) is 0 Å². The van der Waals surface area contributed by atoms with Gasteiger partial charge in [-0.05, 0) is 50.3 Å². The normalized spacial score (nSPS) is 24.8. The molecular formula is C17H21N3O2. The lowest BCUT2D eigenvalue weighted by molar-refractivity contribution is -0.120. The van der Waals surface area contributed by atoms with Crippen LogP contribution in [0.3, 0.4) is 0 Å². The first-order valence-electron chi connectivity index (χ1n) is 8.16. The number of nitrogens with one attached hydrogen (secondary N) is 1. The van der Waals surface area contributed by atoms with Crippen molar-refractivity contribution >= 4 is 22.7 Å². The number of nitrogens with two attached hydrogens (primary N) is 1. The Bertz CT molecular complexity index is 705. The standard InChI is InChI=1S/C17H21N3O2/c18-9-11-2-1-3-13(11)16(21)19-12-6-7-14-15(8-12)22-17(20-14)10-4-5-10/h6-8,10-11,13H,1-5,9,18H2,(H,19,21)/t11-,13-/m1/s1. The van der Waals surface area contributed by atoms with E-state index < -0.39 is 0 Å². The summed E-state index contributed by atoms with van der Waals surface area (Å²) in [6, 6.07) is 5.68. The minimum atomic E-state index is 0.0393. The molecule has 5 heteroatoms. The summed E-state index contributed by atoms with van der Waals surface area (Å²) in [5, 5.41) is 3.01. The SMILES string of the molecule is NC[C@H]1CCC[C@H]1C(=O)Nc1ccc2nc(C3CC3)oc2c1. The van der Waals surface area contributed by atoms with Crippen molar-refractivity contribution in [1.29, 1.82) is 0 Å². The van der Waals surface area contributed by atoms with Gasteiger partial charge in [-0.2, -0.15) is 0 Å². The van der Waals surface area contributed by atoms with E-state index in [0.29, 0.717) is 18.4 Å². The Morgan fingerprint density at radius 1 is 1.32 bits per heavy atom. The minimum Gasteiger partial charge on any atom is -0.440 e. The van der Waals surface area contributed by atoms with Gasteiger partial charge in [0.2, 0.25) is 5.91 Å². The second-order valence-electron chi connectivity index (χ2n) is 6.53. The van der Waals surface area contributed by atoms with E-state index in [-0.39, 0.29) is 11.8 Å². The van der Waals surface area contributed by atoms with Crippen LogP contribution in [-0.4, -0.2) is 17.4 Å². The Morgan fingerprint density at radius 2 is 2.18 bits per heavy atom. The van der Waals surface area contributed by atoms with Gasteiger partial charge in [0.15, 0.2) is 11.5 Å². The Hall–Kier alpha value is -1.88. The van der Waals surface area contributed by atoms with Gasteiger partial charge in [-0.25, -0.2) is 4.98 Å². The van der Waals surface area contributed by atoms with Crippen molar-refractivity contribution in [2.24, 2.45) is 17.6 Å². The van der Waals surface area contributed by atoms with Crippen molar-refractivity contribution in [1.82, 2.24) is 4.98 Å². The Labute approximate surface area is 129 Å². The summed E-state index contributed by atoms with van der Waals surface area (Å²) in [5.74, 6) is 1.76. The van der Waals surface area contributed by atoms with E-state index in [1.54, 1.807) is 0 Å². The second kappa shape index (κ2) is 5.39. The van der Waals surface area contributed by atoms with Crippen LogP contribution in [0.25, 0.3) is 11.1 Å². The van der Waals surface area contributed by atoms with Crippen molar-refractivity contribution < 1.29 is 9.21 Å². The number of hydrogen-bond donors (Lipinski definition) is 2. The molecule has 0 aliphatic heterocycles. The quantitative estimate of drug-likeness (QED) is 0.909. The summed E-state index contributed by atoms with van der Waals surface area (Å²) < 4.78 is 5.80. The molecule has 0 spiro atoms. The molecule has 0 unspecified atom stereocenters. The lowest BCUT2D eigenvalue weighted by Crippen LogP contribution is -2.29. The molecule has 1 heterocycles. The van der Waals surface area contributed by atoms with E-state index in [4.69, 9.17) is 10.2 Å². The summed E-state index contributed by atoms with van der Waals surface area (Å²) in [7, 11) is 0. The number of anilines is 1. The van der Waals surface area contributed by atoms with Crippen LogP contribution >= 0.6 is 0 Å². The molecule has 2 saturated carbocycles. The van der Waals surface area contributed by atoms with Gasteiger partial charge in [0, 0.05) is 23.6 Å². The minimum absolute atomic E-state index is 0.0393. The fourth-order valence-corrected chi connectivity index (χ4v) is 3.42. The maximum absolute atomic E-state index is 12.4. The lowest BCUT2D eigenvalue weighted by Gasteiger charge is -2.17. The van der Waals surface area contributed by atoms with E-state index in [0.717, 1.165) is 41.9 Å². The second-order valence-corrected chi connectivity index (χ2v) is 6.53. The summed E-state index contributed by atoms with van der Waals surface area (Å²) in [5.41, 5.74) is 8.15. The molecule has 1 aromatic heterocycles. The van der Waals surface area contributed by atoms with Gasteiger partial charge in [0.1, 0.15) is 5.52 Å². The van der Waals surface area contributed by atoms with E-state index in [2.05, 4.69) is 10.3 Å². The summed E-state index contributed by atoms with van der Waals surface area (Å²) in [6.07, 6.45) is 5.41. The maximum atomic E-state index is 12.4. The van der Waals surface area contributed by atoms with Crippen LogP contribution in [0, 0.1) is 11.8 Å². The average Bonchev–Trinajstić information content (AvgIpc) is 3.11. The zero-order valence-corrected chi connectivity index (χ0v) is 12.5. The van der Waals surface area contributed by atoms with Gasteiger partial charge < -0.3 is 15.5 Å². The number of carbonyl (C=O) groups excluding carboxylic acids is 1. The van der Waals surface area contributed by atoms with Crippen LogP contribution in [0.15, 0.2) is 22.6 Å². The first-order chi connectivity index (χ1) is 10.7. The molecule has 2 aromatic rings. The summed E-state index contributed by atoms with van der Waals surface area (Å²) in [4.78, 5) is 16.9. The summed E-state index contributed by atoms with van der Waals surface area (Å²) in [6.45, 7) is 0.587. The molecule has 2 atom stereocenters. The van der Waals surface area contributed by atoms with Crippen LogP contribution in [-0.2, 0) is 4.79 Å². The number of carbonyl (C=O) groups is 1. The number of oxazole rings is 1. The number of nitrogens with zero attached hydrogens (tertiary/aromatic N) is 1. The van der Waals surface area contributed by atoms with Crippen molar-refractivity contribution in [3.8, 4) is 0 Å². The highest BCUT2D eigenvalue weighted by molar-refractivity contribution is 5.94. The molecule has 0 radical (unpaired) electrons. The Balaban J connectivity index is 1.52. The van der Waals surface area contributed by atoms with Crippen molar-refractivity contribution in [3.05, 3.63) is 24.1 Å². The van der Waals surface area contributed by atoms with E-state index in [1.165, 1.54) is 12.8 Å².